The van der Waals surface area contributed by atoms with Crippen LogP contribution in [0, 0.1) is 0 Å². The quantitative estimate of drug-likeness (QED) is 0.0223. The molecule has 0 saturated heterocycles. The molecule has 6 aromatic rings. The number of carbonyl (C=O) groups is 4. The second kappa shape index (κ2) is 24.8. The Balaban J connectivity index is 1.29. The largest absolute Gasteiger partial charge is 0.351 e. The number of hydrogen-bond donors (Lipinski definition) is 7. The first-order valence-electron chi connectivity index (χ1n) is 27.1. The molecule has 21 nitrogen and oxygen atoms in total. The Hall–Kier alpha value is -6.78. The minimum absolute atomic E-state index is 0.00510. The number of likely N-dealkylation sites (N-methyl/N-ethyl adjacent to an activating group) is 1. The van der Waals surface area contributed by atoms with Crippen LogP contribution in [-0.2, 0) is 41.2 Å². The van der Waals surface area contributed by atoms with Gasteiger partial charge in [-0.15, -0.1) is 22.7 Å². The second-order valence-electron chi connectivity index (χ2n) is 20.9. The fraction of sp³-hybridized carbons (Fsp3) is 0.386. The van der Waals surface area contributed by atoms with E-state index in [1.54, 1.807) is 38.1 Å². The molecule has 0 aliphatic carbocycles. The number of nitrogens with one attached hydrogen (secondary N) is 4. The second-order valence-corrected chi connectivity index (χ2v) is 27.5. The Morgan fingerprint density at radius 1 is 0.639 bits per heavy atom. The molecule has 8 rings (SSSR count). The van der Waals surface area contributed by atoms with Crippen LogP contribution in [0.4, 0.5) is 11.4 Å². The number of allylic oxidation sites excluding steroid dienone is 4. The van der Waals surface area contributed by atoms with Crippen molar-refractivity contribution in [3.8, 4) is 22.3 Å². The lowest BCUT2D eigenvalue weighted by molar-refractivity contribution is -0.435. The van der Waals surface area contributed by atoms with Crippen LogP contribution in [0.2, 0.25) is 0 Å². The van der Waals surface area contributed by atoms with Gasteiger partial charge in [-0.05, 0) is 129 Å². The number of pyridine rings is 2. The van der Waals surface area contributed by atoms with E-state index in [1.165, 1.54) is 22.7 Å². The van der Waals surface area contributed by atoms with E-state index >= 15 is 0 Å². The van der Waals surface area contributed by atoms with Gasteiger partial charge in [-0.2, -0.15) is 29.8 Å². The molecule has 0 bridgehead atoms. The monoisotopic (exact) mass is 1230 g/mol. The van der Waals surface area contributed by atoms with Gasteiger partial charge in [-0.3, -0.25) is 32.8 Å². The molecular formula is C57H67N8O13S5+. The topological polar surface area (TPSA) is 312 Å². The number of amides is 4. The molecule has 442 valence electrons. The third-order valence-corrected chi connectivity index (χ3v) is 19.0. The maximum absolute atomic E-state index is 13.6. The number of rotatable bonds is 24. The molecule has 0 radical (unpaired) electrons. The SMILES string of the molecule is CCCNC(=O)c1cc(-c2cc3c(c4ccsc24)N(CC)/C(=C/C=C/C2=[N+](CCCS(=O)(=O)O)c4c(cc(-c5cc(C(=O)NCC)nc(C(=O)NCC)c5)c5sccc45)C2(C)CCCS(=O)(=O)O)C3(C)C)cc(C(=O)NCCS(=O)(=O)O)n1. The summed E-state index contributed by atoms with van der Waals surface area (Å²) in [6.07, 6.45) is 6.63. The van der Waals surface area contributed by atoms with Crippen molar-refractivity contribution in [2.24, 2.45) is 0 Å². The minimum Gasteiger partial charge on any atom is -0.351 e. The lowest BCUT2D eigenvalue weighted by Gasteiger charge is -2.26. The maximum Gasteiger partial charge on any atom is 0.269 e. The van der Waals surface area contributed by atoms with Gasteiger partial charge in [0.15, 0.2) is 5.71 Å². The van der Waals surface area contributed by atoms with Crippen LogP contribution >= 0.6 is 22.7 Å². The highest BCUT2D eigenvalue weighted by atomic mass is 32.2. The third kappa shape index (κ3) is 13.4. The van der Waals surface area contributed by atoms with E-state index in [9.17, 15) is 58.1 Å². The van der Waals surface area contributed by atoms with Crippen molar-refractivity contribution >= 4 is 114 Å². The normalized spacial score (nSPS) is 16.5. The maximum atomic E-state index is 13.6. The predicted octanol–water partition coefficient (Wildman–Crippen LogP) is 8.06. The molecule has 2 aliphatic rings. The van der Waals surface area contributed by atoms with Crippen LogP contribution in [0.5, 0.6) is 0 Å². The van der Waals surface area contributed by atoms with Gasteiger partial charge < -0.3 is 26.2 Å². The summed E-state index contributed by atoms with van der Waals surface area (Å²) in [5.41, 5.74) is 5.31. The molecule has 2 aliphatic heterocycles. The Kier molecular flexibility index (Phi) is 18.6. The van der Waals surface area contributed by atoms with Gasteiger partial charge >= 0.3 is 0 Å². The molecule has 1 unspecified atom stereocenters. The zero-order chi connectivity index (χ0) is 60.4. The van der Waals surface area contributed by atoms with Crippen molar-refractivity contribution in [1.29, 1.82) is 0 Å². The molecular weight excluding hydrogens is 1170 g/mol. The van der Waals surface area contributed by atoms with Gasteiger partial charge in [0, 0.05) is 87.8 Å². The number of thiophene rings is 2. The van der Waals surface area contributed by atoms with Crippen molar-refractivity contribution < 1.29 is 62.7 Å². The van der Waals surface area contributed by atoms with Gasteiger partial charge in [-0.1, -0.05) is 26.8 Å². The van der Waals surface area contributed by atoms with E-state index in [2.05, 4.69) is 50.0 Å². The highest BCUT2D eigenvalue weighted by Crippen LogP contribution is 2.55. The highest BCUT2D eigenvalue weighted by molar-refractivity contribution is 7.86. The van der Waals surface area contributed by atoms with Gasteiger partial charge in [-0.25, -0.2) is 9.97 Å². The first-order chi connectivity index (χ1) is 39.1. The number of nitrogens with zero attached hydrogens (tertiary/aromatic N) is 4. The summed E-state index contributed by atoms with van der Waals surface area (Å²) >= 11 is 2.89. The smallest absolute Gasteiger partial charge is 0.269 e. The molecule has 83 heavy (non-hydrogen) atoms. The number of carbonyl (C=O) groups excluding carboxylic acids is 4. The van der Waals surface area contributed by atoms with Crippen LogP contribution in [-0.4, -0.2) is 139 Å². The lowest BCUT2D eigenvalue weighted by atomic mass is 9.74. The average molecular weight is 1230 g/mol. The molecule has 1 atom stereocenters. The summed E-state index contributed by atoms with van der Waals surface area (Å²) in [4.78, 5) is 64.9. The third-order valence-electron chi connectivity index (χ3n) is 14.8. The number of benzene rings is 2. The number of hydrogen-bond acceptors (Lipinski definition) is 15. The zero-order valence-corrected chi connectivity index (χ0v) is 51.0. The number of fused-ring (bicyclic) bond motifs is 6. The Morgan fingerprint density at radius 2 is 1.12 bits per heavy atom. The molecule has 6 heterocycles. The molecule has 4 amide bonds. The van der Waals surface area contributed by atoms with Crippen LogP contribution in [0.3, 0.4) is 0 Å². The zero-order valence-electron chi connectivity index (χ0n) is 47.0. The van der Waals surface area contributed by atoms with Crippen LogP contribution < -0.4 is 26.2 Å². The lowest BCUT2D eigenvalue weighted by Crippen LogP contribution is -2.32. The van der Waals surface area contributed by atoms with Crippen LogP contribution in [0.25, 0.3) is 42.4 Å². The molecule has 7 N–H and O–H groups in total. The van der Waals surface area contributed by atoms with E-state index in [0.29, 0.717) is 66.3 Å². The Bertz CT molecular complexity index is 4000. The Morgan fingerprint density at radius 3 is 1.63 bits per heavy atom. The van der Waals surface area contributed by atoms with Crippen molar-refractivity contribution in [2.75, 3.05) is 61.4 Å². The summed E-state index contributed by atoms with van der Waals surface area (Å²) in [5, 5.41) is 16.3. The van der Waals surface area contributed by atoms with Crippen molar-refractivity contribution in [3.05, 3.63) is 117 Å². The number of anilines is 1. The van der Waals surface area contributed by atoms with Crippen LogP contribution in [0.15, 0.2) is 83.2 Å². The van der Waals surface area contributed by atoms with E-state index in [4.69, 9.17) is 0 Å². The summed E-state index contributed by atoms with van der Waals surface area (Å²) < 4.78 is 105. The Labute approximate surface area is 490 Å². The fourth-order valence-electron chi connectivity index (χ4n) is 11.0. The summed E-state index contributed by atoms with van der Waals surface area (Å²) in [6.45, 7) is 14.8. The minimum atomic E-state index is -4.42. The molecule has 26 heteroatoms. The first-order valence-corrected chi connectivity index (χ1v) is 33.7. The summed E-state index contributed by atoms with van der Waals surface area (Å²) in [6, 6.07) is 14.3. The first kappa shape index (κ1) is 62.3. The average Bonchev–Trinajstić information content (AvgIpc) is 1.99. The fourth-order valence-corrected chi connectivity index (χ4v) is 14.2. The molecule has 2 aromatic carbocycles. The van der Waals surface area contributed by atoms with Gasteiger partial charge in [0.05, 0.1) is 33.7 Å². The van der Waals surface area contributed by atoms with Gasteiger partial charge in [0.2, 0.25) is 5.69 Å². The molecule has 4 aromatic heterocycles. The van der Waals surface area contributed by atoms with E-state index < -0.39 is 88.6 Å². The molecule has 0 fully saturated rings. The highest BCUT2D eigenvalue weighted by Gasteiger charge is 2.49. The van der Waals surface area contributed by atoms with E-state index in [-0.39, 0.29) is 48.6 Å². The van der Waals surface area contributed by atoms with E-state index in [1.807, 2.05) is 78.6 Å². The number of aromatic nitrogens is 2. The predicted molar refractivity (Wildman–Crippen MR) is 325 cm³/mol. The van der Waals surface area contributed by atoms with Crippen molar-refractivity contribution in [1.82, 2.24) is 31.2 Å². The summed E-state index contributed by atoms with van der Waals surface area (Å²) in [7, 11) is -13.2. The van der Waals surface area contributed by atoms with Gasteiger partial charge in [0.25, 0.3) is 54.0 Å². The molecule has 0 spiro atoms. The van der Waals surface area contributed by atoms with Crippen molar-refractivity contribution in [3.63, 3.8) is 0 Å². The van der Waals surface area contributed by atoms with Crippen LogP contribution in [0.1, 0.15) is 127 Å². The van der Waals surface area contributed by atoms with E-state index in [0.717, 1.165) is 42.7 Å². The standard InChI is InChI=1S/C57H66N8O13S5/c1-8-20-60-54(68)44-30-34(31-45(63-44)55(69)61-21-27-83(76,77)78)38-32-40-48(36-17-23-79-50(36)38)64(11-4)46(56(40,5)6)15-12-16-47-57(7,19-13-25-81(70,71)72)41-33-39(35-28-42(52(66)58-9-2)62-43(29-35)53(67)59-10-3)51-37(18-24-80-51)49(41)65(47)22-14-26-82(73,74)75/h12,15-18,23-24,28-33H,8-11,13-14,19-22,25-27H2,1-7H3,(H6-,58,59,60,61,66,67,68,69,70,71,72,73,74,75,76,77,78)/p+1. The summed E-state index contributed by atoms with van der Waals surface area (Å²) in [5.74, 6) is -4.07. The van der Waals surface area contributed by atoms with Crippen molar-refractivity contribution in [2.45, 2.75) is 85.0 Å². The van der Waals surface area contributed by atoms with Gasteiger partial charge in [0.1, 0.15) is 29.3 Å². The molecule has 0 saturated carbocycles.